The number of aryl methyl sites for hydroxylation is 1. The molecule has 4 aromatic rings. The lowest BCUT2D eigenvalue weighted by atomic mass is 10.1. The van der Waals surface area contributed by atoms with Crippen LogP contribution in [0.15, 0.2) is 65.6 Å². The third kappa shape index (κ3) is 9.86. The van der Waals surface area contributed by atoms with E-state index in [1.165, 1.54) is 25.3 Å². The Bertz CT molecular complexity index is 1950. The Morgan fingerprint density at radius 2 is 1.68 bits per heavy atom. The number of nitro benzene ring substituents is 1. The van der Waals surface area contributed by atoms with Crippen molar-refractivity contribution in [3.05, 3.63) is 97.8 Å². The number of rotatable bonds is 8. The molecule has 3 aromatic carbocycles. The topological polar surface area (TPSA) is 213 Å². The number of anilines is 1. The monoisotopic (exact) mass is 718 g/mol. The van der Waals surface area contributed by atoms with Crippen LogP contribution in [-0.2, 0) is 16.2 Å². The van der Waals surface area contributed by atoms with Crippen LogP contribution < -0.4 is 19.5 Å². The minimum Gasteiger partial charge on any atom is -0.477 e. The summed E-state index contributed by atoms with van der Waals surface area (Å²) < 4.78 is 73.8. The van der Waals surface area contributed by atoms with Crippen LogP contribution in [0.1, 0.15) is 21.7 Å². The van der Waals surface area contributed by atoms with Crippen molar-refractivity contribution in [2.75, 3.05) is 12.4 Å². The molecule has 15 nitrogen and oxygen atoms in total. The van der Waals surface area contributed by atoms with Gasteiger partial charge in [-0.3, -0.25) is 15.4 Å². The zero-order chi connectivity index (χ0) is 35.1. The highest BCUT2D eigenvalue weighted by Crippen LogP contribution is 2.37. The molecule has 0 aliphatic rings. The second-order valence-corrected chi connectivity index (χ2v) is 11.1. The van der Waals surface area contributed by atoms with Crippen LogP contribution in [0, 0.1) is 17.0 Å². The van der Waals surface area contributed by atoms with Crippen molar-refractivity contribution < 1.29 is 50.7 Å². The van der Waals surface area contributed by atoms with E-state index in [9.17, 15) is 41.3 Å². The Labute approximate surface area is 272 Å². The molecule has 4 rings (SSSR count). The van der Waals surface area contributed by atoms with Gasteiger partial charge in [0, 0.05) is 12.1 Å². The fourth-order valence-corrected chi connectivity index (χ4v) is 5.01. The smallest absolute Gasteiger partial charge is 0.416 e. The van der Waals surface area contributed by atoms with Crippen molar-refractivity contribution in [3.63, 3.8) is 0 Å². The summed E-state index contributed by atoms with van der Waals surface area (Å²) in [6.45, 7) is 1.56. The fraction of sp³-hybridized carbons (Fsp3) is 0.115. The van der Waals surface area contributed by atoms with Crippen molar-refractivity contribution >= 4 is 56.9 Å². The van der Waals surface area contributed by atoms with Crippen molar-refractivity contribution in [2.24, 2.45) is 0 Å². The van der Waals surface area contributed by atoms with Crippen LogP contribution in [0.3, 0.4) is 0 Å². The van der Waals surface area contributed by atoms with Crippen molar-refractivity contribution in [2.45, 2.75) is 18.0 Å². The number of methoxy groups -OCH3 is 1. The Morgan fingerprint density at radius 1 is 1.00 bits per heavy atom. The number of alkyl halides is 3. The van der Waals surface area contributed by atoms with Crippen LogP contribution in [-0.4, -0.2) is 52.5 Å². The highest BCUT2D eigenvalue weighted by Gasteiger charge is 2.31. The Hall–Kier alpha value is -5.27. The van der Waals surface area contributed by atoms with Gasteiger partial charge in [-0.25, -0.2) is 22.7 Å². The molecule has 0 bridgehead atoms. The average Bonchev–Trinajstić information content (AvgIpc) is 2.97. The van der Waals surface area contributed by atoms with Crippen molar-refractivity contribution in [3.8, 4) is 17.5 Å². The average molecular weight is 719 g/mol. The lowest BCUT2D eigenvalue weighted by molar-refractivity contribution is -0.385. The van der Waals surface area contributed by atoms with Gasteiger partial charge in [-0.2, -0.15) is 28.1 Å². The molecule has 0 radical (unpaired) electrons. The summed E-state index contributed by atoms with van der Waals surface area (Å²) in [6, 6.07) is 9.93. The molecule has 3 N–H and O–H groups in total. The number of hydrogen-bond donors (Lipinski definition) is 3. The maximum absolute atomic E-state index is 12.6. The molecule has 0 aliphatic heterocycles. The van der Waals surface area contributed by atoms with E-state index in [4.69, 9.17) is 37.8 Å². The summed E-state index contributed by atoms with van der Waals surface area (Å²) in [4.78, 5) is 44.0. The first-order chi connectivity index (χ1) is 21.9. The van der Waals surface area contributed by atoms with Gasteiger partial charge in [0.2, 0.25) is 5.95 Å². The number of sulfonamides is 1. The summed E-state index contributed by atoms with van der Waals surface area (Å²) in [5, 5.41) is 21.6. The van der Waals surface area contributed by atoms with E-state index in [-0.39, 0.29) is 38.4 Å². The number of carbonyl (C=O) groups is 2. The van der Waals surface area contributed by atoms with E-state index >= 15 is 0 Å². The minimum atomic E-state index is -4.58. The molecule has 0 saturated heterocycles. The predicted molar refractivity (Wildman–Crippen MR) is 158 cm³/mol. The predicted octanol–water partition coefficient (Wildman–Crippen LogP) is 6.11. The number of nitro groups is 1. The molecule has 1 aromatic heterocycles. The van der Waals surface area contributed by atoms with Crippen LogP contribution in [0.5, 0.6) is 17.5 Å². The summed E-state index contributed by atoms with van der Waals surface area (Å²) in [5.74, 6) is -1.69. The van der Waals surface area contributed by atoms with Gasteiger partial charge in [0.05, 0.1) is 27.6 Å². The Morgan fingerprint density at radius 3 is 2.26 bits per heavy atom. The molecule has 0 aliphatic carbocycles. The second kappa shape index (κ2) is 14.9. The van der Waals surface area contributed by atoms with E-state index in [1.54, 1.807) is 13.0 Å². The maximum Gasteiger partial charge on any atom is 0.416 e. The van der Waals surface area contributed by atoms with Gasteiger partial charge in [0.25, 0.3) is 15.7 Å². The zero-order valence-corrected chi connectivity index (χ0v) is 25.9. The number of benzene rings is 3. The molecule has 1 heterocycles. The molecule has 248 valence electrons. The number of hydrogen-bond acceptors (Lipinski definition) is 11. The van der Waals surface area contributed by atoms with Gasteiger partial charge in [-0.15, -0.1) is 0 Å². The molecule has 47 heavy (non-hydrogen) atoms. The van der Waals surface area contributed by atoms with Gasteiger partial charge in [-0.1, -0.05) is 35.3 Å². The normalized spacial score (nSPS) is 11.0. The Kier molecular flexibility index (Phi) is 11.5. The number of carboxylic acids is 1. The number of carbonyl (C=O) groups excluding carboxylic acids is 1. The standard InChI is InChI=1S/C14H7ClF3NO5.C12H12ClN5O4S/c15-10-5-7(14(16,17)18)1-4-12(10)24-8-2-3-11(19(22)23)9(6-8)13(20)21;1-7-14-10(17-12(15-7)22-2)16-11(19)18-23(20,21)9-6-4-3-5-8(9)13/h1-6H,(H,20,21);3-6H,1-2H3,(H2,14,15,16,17,18,19). The lowest BCUT2D eigenvalue weighted by Gasteiger charge is -2.11. The number of nitrogens with one attached hydrogen (secondary N) is 2. The highest BCUT2D eigenvalue weighted by atomic mass is 35.5. The van der Waals surface area contributed by atoms with E-state index < -0.39 is 49.9 Å². The summed E-state index contributed by atoms with van der Waals surface area (Å²) in [7, 11) is -2.78. The highest BCUT2D eigenvalue weighted by molar-refractivity contribution is 7.90. The Balaban J connectivity index is 0.000000256. The lowest BCUT2D eigenvalue weighted by Crippen LogP contribution is -2.35. The van der Waals surface area contributed by atoms with Gasteiger partial charge in [0.1, 0.15) is 27.8 Å². The van der Waals surface area contributed by atoms with Gasteiger partial charge in [0.15, 0.2) is 0 Å². The quantitative estimate of drug-likeness (QED) is 0.139. The fourth-order valence-electron chi connectivity index (χ4n) is 3.37. The number of amides is 2. The van der Waals surface area contributed by atoms with E-state index in [0.717, 1.165) is 30.3 Å². The molecular formula is C26H19Cl2F3N6O9S. The summed E-state index contributed by atoms with van der Waals surface area (Å²) >= 11 is 11.5. The number of ether oxygens (including phenoxy) is 2. The number of carboxylic acid groups (broad SMARTS) is 1. The van der Waals surface area contributed by atoms with Gasteiger partial charge >= 0.3 is 24.2 Å². The van der Waals surface area contributed by atoms with Crippen LogP contribution in [0.4, 0.5) is 29.6 Å². The zero-order valence-electron chi connectivity index (χ0n) is 23.6. The molecule has 0 fully saturated rings. The number of aromatic carboxylic acids is 1. The molecule has 0 saturated carbocycles. The maximum atomic E-state index is 12.6. The number of aromatic nitrogens is 3. The minimum absolute atomic E-state index is 0.00882. The van der Waals surface area contributed by atoms with Crippen LogP contribution in [0.25, 0.3) is 0 Å². The first kappa shape index (κ1) is 36.2. The second-order valence-electron chi connectivity index (χ2n) is 8.67. The van der Waals surface area contributed by atoms with E-state index in [1.807, 2.05) is 4.72 Å². The first-order valence-electron chi connectivity index (χ1n) is 12.3. The molecule has 21 heteroatoms. The molecule has 0 unspecified atom stereocenters. The van der Waals surface area contributed by atoms with Gasteiger partial charge < -0.3 is 14.6 Å². The molecule has 2 amide bonds. The largest absolute Gasteiger partial charge is 0.477 e. The van der Waals surface area contributed by atoms with E-state index in [0.29, 0.717) is 11.9 Å². The number of urea groups is 1. The van der Waals surface area contributed by atoms with Crippen LogP contribution >= 0.6 is 23.2 Å². The summed E-state index contributed by atoms with van der Waals surface area (Å²) in [5.41, 5.74) is -2.25. The van der Waals surface area contributed by atoms with E-state index in [2.05, 4.69) is 20.3 Å². The SMILES string of the molecule is COc1nc(C)nc(NC(=O)NS(=O)(=O)c2ccccc2Cl)n1.O=C(O)c1cc(Oc2ccc(C(F)(F)F)cc2Cl)ccc1[N+](=O)[O-]. The number of nitrogens with zero attached hydrogens (tertiary/aromatic N) is 4. The first-order valence-corrected chi connectivity index (χ1v) is 14.6. The third-order valence-electron chi connectivity index (χ3n) is 5.37. The van der Waals surface area contributed by atoms with Crippen molar-refractivity contribution in [1.82, 2.24) is 19.7 Å². The van der Waals surface area contributed by atoms with Crippen LogP contribution in [0.2, 0.25) is 10.0 Å². The third-order valence-corrected chi connectivity index (χ3v) is 7.50. The summed E-state index contributed by atoms with van der Waals surface area (Å²) in [6.07, 6.45) is -4.58. The van der Waals surface area contributed by atoms with Gasteiger partial charge in [-0.05, 0) is 43.3 Å². The van der Waals surface area contributed by atoms with Crippen molar-refractivity contribution in [1.29, 1.82) is 0 Å². The number of halogens is 5. The molecular weight excluding hydrogens is 700 g/mol. The molecule has 0 spiro atoms. The molecule has 0 atom stereocenters.